The zero-order valence-corrected chi connectivity index (χ0v) is 13.8. The van der Waals surface area contributed by atoms with E-state index in [1.54, 1.807) is 4.90 Å². The summed E-state index contributed by atoms with van der Waals surface area (Å²) in [5, 5.41) is 8.87. The summed E-state index contributed by atoms with van der Waals surface area (Å²) >= 11 is 13.3. The maximum atomic E-state index is 12.2. The number of hydrogen-bond acceptors (Lipinski definition) is 3. The van der Waals surface area contributed by atoms with Crippen LogP contribution in [0.15, 0.2) is 6.07 Å². The zero-order chi connectivity index (χ0) is 15.4. The van der Waals surface area contributed by atoms with Gasteiger partial charge in [-0.2, -0.15) is 0 Å². The first-order valence-corrected chi connectivity index (χ1v) is 8.49. The number of hydrogen-bond donors (Lipinski definition) is 1. The van der Waals surface area contributed by atoms with Crippen LogP contribution in [-0.4, -0.2) is 34.5 Å². The van der Waals surface area contributed by atoms with Crippen LogP contribution in [0, 0.1) is 0 Å². The predicted octanol–water partition coefficient (Wildman–Crippen LogP) is 3.84. The Morgan fingerprint density at radius 1 is 1.43 bits per heavy atom. The first kappa shape index (κ1) is 16.6. The Morgan fingerprint density at radius 2 is 2.19 bits per heavy atom. The molecule has 116 valence electrons. The van der Waals surface area contributed by atoms with Gasteiger partial charge in [-0.3, -0.25) is 9.59 Å². The first-order valence-electron chi connectivity index (χ1n) is 6.92. The highest BCUT2D eigenvalue weighted by molar-refractivity contribution is 7.20. The van der Waals surface area contributed by atoms with E-state index in [9.17, 15) is 9.59 Å². The summed E-state index contributed by atoms with van der Waals surface area (Å²) in [5.41, 5.74) is 0.975. The summed E-state index contributed by atoms with van der Waals surface area (Å²) in [4.78, 5) is 24.7. The Morgan fingerprint density at radius 3 is 2.81 bits per heavy atom. The molecule has 0 saturated carbocycles. The molecule has 2 rings (SSSR count). The van der Waals surface area contributed by atoms with E-state index in [1.165, 1.54) is 11.3 Å². The van der Waals surface area contributed by atoms with Crippen LogP contribution in [0.3, 0.4) is 0 Å². The summed E-state index contributed by atoms with van der Waals surface area (Å²) in [6.07, 6.45) is 3.53. The van der Waals surface area contributed by atoms with Gasteiger partial charge in [0.25, 0.3) is 0 Å². The van der Waals surface area contributed by atoms with Crippen LogP contribution in [0.5, 0.6) is 0 Å². The number of likely N-dealkylation sites (tertiary alicyclic amines) is 1. The van der Waals surface area contributed by atoms with E-state index in [0.717, 1.165) is 18.4 Å². The number of amides is 1. The Kier molecular flexibility index (Phi) is 5.90. The topological polar surface area (TPSA) is 57.6 Å². The molecule has 1 aliphatic rings. The smallest absolute Gasteiger partial charge is 0.305 e. The SMILES string of the molecule is O=C(O)C[C@@H]1CCCN1C(=O)CCCc1cc(Cl)sc1Cl. The molecular weight excluding hydrogens is 333 g/mol. The molecule has 7 heteroatoms. The summed E-state index contributed by atoms with van der Waals surface area (Å²) in [5.74, 6) is -0.810. The van der Waals surface area contributed by atoms with Crippen molar-refractivity contribution in [1.82, 2.24) is 4.90 Å². The molecule has 21 heavy (non-hydrogen) atoms. The maximum absolute atomic E-state index is 12.2. The van der Waals surface area contributed by atoms with Crippen LogP contribution in [0.25, 0.3) is 0 Å². The van der Waals surface area contributed by atoms with Crippen molar-refractivity contribution < 1.29 is 14.7 Å². The van der Waals surface area contributed by atoms with Gasteiger partial charge in [-0.05, 0) is 37.3 Å². The van der Waals surface area contributed by atoms with Crippen molar-refractivity contribution >= 4 is 46.4 Å². The van der Waals surface area contributed by atoms with Gasteiger partial charge < -0.3 is 10.0 Å². The second-order valence-corrected chi connectivity index (χ2v) is 7.47. The lowest BCUT2D eigenvalue weighted by atomic mass is 10.1. The minimum atomic E-state index is -0.848. The number of halogens is 2. The normalized spacial score (nSPS) is 18.2. The molecule has 0 bridgehead atoms. The molecular formula is C14H17Cl2NO3S. The third-order valence-corrected chi connectivity index (χ3v) is 5.24. The van der Waals surface area contributed by atoms with E-state index in [2.05, 4.69) is 0 Å². The fourth-order valence-corrected chi connectivity index (χ4v) is 4.24. The standard InChI is InChI=1S/C14H17Cl2NO3S/c15-11-7-9(14(16)21-11)3-1-5-12(18)17-6-2-4-10(17)8-13(19)20/h7,10H,1-6,8H2,(H,19,20)/t10-/m0/s1. The van der Waals surface area contributed by atoms with Crippen LogP contribution in [0.4, 0.5) is 0 Å². The molecule has 1 aliphatic heterocycles. The van der Waals surface area contributed by atoms with E-state index in [1.807, 2.05) is 6.07 Å². The van der Waals surface area contributed by atoms with Crippen LogP contribution in [0.2, 0.25) is 8.67 Å². The van der Waals surface area contributed by atoms with Crippen LogP contribution in [0.1, 0.15) is 37.7 Å². The van der Waals surface area contributed by atoms with E-state index >= 15 is 0 Å². The monoisotopic (exact) mass is 349 g/mol. The summed E-state index contributed by atoms with van der Waals surface area (Å²) in [6.45, 7) is 0.668. The highest BCUT2D eigenvalue weighted by Crippen LogP contribution is 2.32. The molecule has 4 nitrogen and oxygen atoms in total. The lowest BCUT2D eigenvalue weighted by molar-refractivity contribution is -0.139. The van der Waals surface area contributed by atoms with Gasteiger partial charge in [0, 0.05) is 19.0 Å². The van der Waals surface area contributed by atoms with Gasteiger partial charge >= 0.3 is 5.97 Å². The molecule has 1 amide bonds. The van der Waals surface area contributed by atoms with Crippen molar-refractivity contribution in [3.05, 3.63) is 20.3 Å². The van der Waals surface area contributed by atoms with Gasteiger partial charge in [0.1, 0.15) is 0 Å². The van der Waals surface area contributed by atoms with Crippen molar-refractivity contribution in [3.63, 3.8) is 0 Å². The summed E-state index contributed by atoms with van der Waals surface area (Å²) in [6, 6.07) is 1.69. The number of nitrogens with zero attached hydrogens (tertiary/aromatic N) is 1. The zero-order valence-electron chi connectivity index (χ0n) is 11.5. The Hall–Kier alpha value is -0.780. The van der Waals surface area contributed by atoms with Crippen LogP contribution < -0.4 is 0 Å². The highest BCUT2D eigenvalue weighted by atomic mass is 35.5. The molecule has 2 heterocycles. The molecule has 0 aromatic carbocycles. The molecule has 0 aliphatic carbocycles. The number of aliphatic carboxylic acids is 1. The van der Waals surface area contributed by atoms with Crippen LogP contribution in [-0.2, 0) is 16.0 Å². The number of carbonyl (C=O) groups excluding carboxylic acids is 1. The number of carbonyl (C=O) groups is 2. The largest absolute Gasteiger partial charge is 0.481 e. The quantitative estimate of drug-likeness (QED) is 0.848. The van der Waals surface area contributed by atoms with Crippen molar-refractivity contribution in [2.45, 2.75) is 44.6 Å². The maximum Gasteiger partial charge on any atom is 0.305 e. The molecule has 1 saturated heterocycles. The lowest BCUT2D eigenvalue weighted by Gasteiger charge is -2.23. The average Bonchev–Trinajstić information content (AvgIpc) is 2.96. The molecule has 1 atom stereocenters. The van der Waals surface area contributed by atoms with Crippen molar-refractivity contribution in [3.8, 4) is 0 Å². The third kappa shape index (κ3) is 4.59. The predicted molar refractivity (Wildman–Crippen MR) is 84.3 cm³/mol. The van der Waals surface area contributed by atoms with E-state index in [-0.39, 0.29) is 18.4 Å². The van der Waals surface area contributed by atoms with E-state index in [4.69, 9.17) is 28.3 Å². The Labute approximate surface area is 137 Å². The summed E-state index contributed by atoms with van der Waals surface area (Å²) < 4.78 is 1.33. The minimum Gasteiger partial charge on any atom is -0.481 e. The molecule has 0 unspecified atom stereocenters. The average molecular weight is 350 g/mol. The fraction of sp³-hybridized carbons (Fsp3) is 0.571. The van der Waals surface area contributed by atoms with Crippen molar-refractivity contribution in [2.75, 3.05) is 6.54 Å². The molecule has 1 aromatic rings. The second kappa shape index (κ2) is 7.47. The Balaban J connectivity index is 1.81. The Bertz CT molecular complexity index is 532. The second-order valence-electron chi connectivity index (χ2n) is 5.18. The molecule has 0 radical (unpaired) electrons. The summed E-state index contributed by atoms with van der Waals surface area (Å²) in [7, 11) is 0. The third-order valence-electron chi connectivity index (χ3n) is 3.67. The van der Waals surface area contributed by atoms with Crippen molar-refractivity contribution in [2.24, 2.45) is 0 Å². The number of aryl methyl sites for hydroxylation is 1. The van der Waals surface area contributed by atoms with Gasteiger partial charge in [0.2, 0.25) is 5.91 Å². The van der Waals surface area contributed by atoms with Crippen LogP contribution >= 0.6 is 34.5 Å². The van der Waals surface area contributed by atoms with E-state index < -0.39 is 5.97 Å². The van der Waals surface area contributed by atoms with E-state index in [0.29, 0.717) is 34.5 Å². The highest BCUT2D eigenvalue weighted by Gasteiger charge is 2.29. The number of carboxylic acids is 1. The fourth-order valence-electron chi connectivity index (χ4n) is 2.70. The van der Waals surface area contributed by atoms with Gasteiger partial charge in [0.15, 0.2) is 0 Å². The molecule has 0 spiro atoms. The van der Waals surface area contributed by atoms with Crippen molar-refractivity contribution in [1.29, 1.82) is 0 Å². The lowest BCUT2D eigenvalue weighted by Crippen LogP contribution is -2.36. The van der Waals surface area contributed by atoms with Gasteiger partial charge in [-0.15, -0.1) is 11.3 Å². The van der Waals surface area contributed by atoms with Gasteiger partial charge in [-0.25, -0.2) is 0 Å². The number of carboxylic acid groups (broad SMARTS) is 1. The van der Waals surface area contributed by atoms with Gasteiger partial charge in [-0.1, -0.05) is 23.2 Å². The molecule has 1 aromatic heterocycles. The number of thiophene rings is 1. The minimum absolute atomic E-state index is 0.0381. The number of rotatable bonds is 6. The molecule has 1 N–H and O–H groups in total. The van der Waals surface area contributed by atoms with Gasteiger partial charge in [0.05, 0.1) is 15.1 Å². The molecule has 1 fully saturated rings. The first-order chi connectivity index (χ1) is 9.97.